The van der Waals surface area contributed by atoms with Gasteiger partial charge in [-0.3, -0.25) is 9.69 Å². The molecule has 1 heterocycles. The molecule has 0 aliphatic carbocycles. The minimum atomic E-state index is -0.0634. The van der Waals surface area contributed by atoms with Crippen LogP contribution in [0.4, 0.5) is 5.69 Å². The second-order valence-corrected chi connectivity index (χ2v) is 8.80. The van der Waals surface area contributed by atoms with Crippen molar-refractivity contribution in [2.45, 2.75) is 27.3 Å². The van der Waals surface area contributed by atoms with Crippen LogP contribution < -0.4 is 9.47 Å². The zero-order chi connectivity index (χ0) is 23.9. The number of hydrogen-bond acceptors (Lipinski definition) is 5. The molecule has 5 nitrogen and oxygen atoms in total. The molecule has 3 aromatic carbocycles. The third kappa shape index (κ3) is 5.69. The summed E-state index contributed by atoms with van der Waals surface area (Å²) in [6.07, 6.45) is 1.89. The van der Waals surface area contributed by atoms with Gasteiger partial charge in [-0.25, -0.2) is 4.99 Å². The molecule has 1 aliphatic heterocycles. The molecule has 1 saturated heterocycles. The Morgan fingerprint density at radius 1 is 0.912 bits per heavy atom. The first-order chi connectivity index (χ1) is 16.6. The van der Waals surface area contributed by atoms with Crippen LogP contribution >= 0.6 is 11.8 Å². The number of nitrogens with zero attached hydrogens (tertiary/aromatic N) is 2. The van der Waals surface area contributed by atoms with E-state index in [0.717, 1.165) is 16.8 Å². The van der Waals surface area contributed by atoms with E-state index >= 15 is 0 Å². The lowest BCUT2D eigenvalue weighted by Gasteiger charge is -2.15. The Balaban J connectivity index is 1.68. The van der Waals surface area contributed by atoms with Gasteiger partial charge in [-0.1, -0.05) is 54.1 Å². The van der Waals surface area contributed by atoms with Gasteiger partial charge in [0.25, 0.3) is 5.91 Å². The van der Waals surface area contributed by atoms with Crippen LogP contribution in [0.25, 0.3) is 6.08 Å². The monoisotopic (exact) mass is 472 g/mol. The number of hydrogen-bond donors (Lipinski definition) is 0. The topological polar surface area (TPSA) is 51.1 Å². The highest BCUT2D eigenvalue weighted by Gasteiger charge is 2.33. The Hall–Kier alpha value is -3.51. The summed E-state index contributed by atoms with van der Waals surface area (Å²) in [6, 6.07) is 23.7. The van der Waals surface area contributed by atoms with Crippen molar-refractivity contribution < 1.29 is 14.3 Å². The molecule has 0 radical (unpaired) electrons. The zero-order valence-corrected chi connectivity index (χ0v) is 20.5. The lowest BCUT2D eigenvalue weighted by molar-refractivity contribution is -0.122. The fraction of sp³-hybridized carbons (Fsp3) is 0.214. The second-order valence-electron chi connectivity index (χ2n) is 7.79. The van der Waals surface area contributed by atoms with Gasteiger partial charge in [0.15, 0.2) is 16.7 Å². The Labute approximate surface area is 205 Å². The molecular formula is C28H28N2O3S. The van der Waals surface area contributed by atoms with Gasteiger partial charge in [0.2, 0.25) is 0 Å². The van der Waals surface area contributed by atoms with Gasteiger partial charge >= 0.3 is 0 Å². The molecule has 0 bridgehead atoms. The van der Waals surface area contributed by atoms with E-state index in [0.29, 0.717) is 41.3 Å². The zero-order valence-electron chi connectivity index (χ0n) is 19.7. The van der Waals surface area contributed by atoms with E-state index in [4.69, 9.17) is 14.5 Å². The molecule has 6 heteroatoms. The van der Waals surface area contributed by atoms with Crippen LogP contribution in [0.3, 0.4) is 0 Å². The summed E-state index contributed by atoms with van der Waals surface area (Å²) in [5.41, 5.74) is 3.91. The highest BCUT2D eigenvalue weighted by Crippen LogP contribution is 2.36. The van der Waals surface area contributed by atoms with E-state index in [2.05, 4.69) is 0 Å². The van der Waals surface area contributed by atoms with Crippen LogP contribution in [0.5, 0.6) is 11.5 Å². The van der Waals surface area contributed by atoms with E-state index in [9.17, 15) is 4.79 Å². The average molecular weight is 473 g/mol. The molecule has 0 saturated carbocycles. The van der Waals surface area contributed by atoms with Crippen molar-refractivity contribution >= 4 is 34.6 Å². The lowest BCUT2D eigenvalue weighted by atomic mass is 10.1. The van der Waals surface area contributed by atoms with Gasteiger partial charge in [0.1, 0.15) is 0 Å². The summed E-state index contributed by atoms with van der Waals surface area (Å²) in [4.78, 5) is 20.6. The maximum Gasteiger partial charge on any atom is 0.267 e. The smallest absolute Gasteiger partial charge is 0.267 e. The molecule has 174 valence electrons. The number of carbonyl (C=O) groups is 1. The summed E-state index contributed by atoms with van der Waals surface area (Å²) in [7, 11) is 0. The fourth-order valence-corrected chi connectivity index (χ4v) is 4.53. The van der Waals surface area contributed by atoms with Crippen molar-refractivity contribution in [3.05, 3.63) is 94.4 Å². The normalized spacial score (nSPS) is 15.9. The van der Waals surface area contributed by atoms with Crippen LogP contribution in [-0.4, -0.2) is 29.2 Å². The van der Waals surface area contributed by atoms with E-state index < -0.39 is 0 Å². The number of aryl methyl sites for hydroxylation is 1. The van der Waals surface area contributed by atoms with Crippen molar-refractivity contribution in [1.82, 2.24) is 4.90 Å². The number of amidine groups is 1. The molecule has 4 rings (SSSR count). The van der Waals surface area contributed by atoms with Crippen molar-refractivity contribution in [2.24, 2.45) is 4.99 Å². The van der Waals surface area contributed by atoms with Crippen LogP contribution in [0, 0.1) is 6.92 Å². The molecule has 0 N–H and O–H groups in total. The van der Waals surface area contributed by atoms with Gasteiger partial charge < -0.3 is 9.47 Å². The molecule has 0 aromatic heterocycles. The summed E-state index contributed by atoms with van der Waals surface area (Å²) in [5.74, 6) is 1.31. The molecule has 0 atom stereocenters. The Morgan fingerprint density at radius 3 is 2.32 bits per heavy atom. The van der Waals surface area contributed by atoms with Gasteiger partial charge in [-0.2, -0.15) is 0 Å². The molecule has 0 unspecified atom stereocenters. The van der Waals surface area contributed by atoms with Crippen molar-refractivity contribution in [3.8, 4) is 11.5 Å². The Morgan fingerprint density at radius 2 is 1.62 bits per heavy atom. The number of carbonyl (C=O) groups excluding carboxylic acids is 1. The number of benzene rings is 3. The third-order valence-corrected chi connectivity index (χ3v) is 6.20. The lowest BCUT2D eigenvalue weighted by Crippen LogP contribution is -2.28. The summed E-state index contributed by atoms with van der Waals surface area (Å²) in [6.45, 7) is 7.47. The number of aliphatic imine (C=N–C) groups is 1. The highest BCUT2D eigenvalue weighted by atomic mass is 32.2. The molecule has 1 fully saturated rings. The minimum Gasteiger partial charge on any atom is -0.490 e. The van der Waals surface area contributed by atoms with Gasteiger partial charge in [0.05, 0.1) is 30.4 Å². The third-order valence-electron chi connectivity index (χ3n) is 5.20. The fourth-order valence-electron chi connectivity index (χ4n) is 3.54. The quantitative estimate of drug-likeness (QED) is 0.347. The molecule has 1 aliphatic rings. The minimum absolute atomic E-state index is 0.0634. The maximum absolute atomic E-state index is 13.4. The summed E-state index contributed by atoms with van der Waals surface area (Å²) < 4.78 is 11.4. The summed E-state index contributed by atoms with van der Waals surface area (Å²) in [5, 5.41) is 0.667. The first kappa shape index (κ1) is 23.6. The van der Waals surface area contributed by atoms with Crippen molar-refractivity contribution in [2.75, 3.05) is 13.2 Å². The Bertz CT molecular complexity index is 1200. The van der Waals surface area contributed by atoms with Crippen LogP contribution in [0.1, 0.15) is 30.5 Å². The summed E-state index contributed by atoms with van der Waals surface area (Å²) >= 11 is 1.39. The van der Waals surface area contributed by atoms with Gasteiger partial charge in [-0.15, -0.1) is 0 Å². The van der Waals surface area contributed by atoms with Crippen LogP contribution in [0.2, 0.25) is 0 Å². The molecule has 1 amide bonds. The predicted octanol–water partition coefficient (Wildman–Crippen LogP) is 6.60. The van der Waals surface area contributed by atoms with E-state index in [1.807, 2.05) is 99.6 Å². The van der Waals surface area contributed by atoms with Crippen LogP contribution in [-0.2, 0) is 11.3 Å². The SMILES string of the molecule is CCOc1ccc(/C=C2/SC(=Nc3ccc(C)cc3)N(Cc3ccccc3)C2=O)cc1OCC. The van der Waals surface area contributed by atoms with Crippen LogP contribution in [0.15, 0.2) is 82.7 Å². The van der Waals surface area contributed by atoms with E-state index in [1.54, 1.807) is 4.90 Å². The van der Waals surface area contributed by atoms with Crippen molar-refractivity contribution in [1.29, 1.82) is 0 Å². The molecule has 34 heavy (non-hydrogen) atoms. The van der Waals surface area contributed by atoms with E-state index in [1.165, 1.54) is 17.3 Å². The highest BCUT2D eigenvalue weighted by molar-refractivity contribution is 8.18. The van der Waals surface area contributed by atoms with Gasteiger partial charge in [-0.05, 0) is 74.0 Å². The Kier molecular flexibility index (Phi) is 7.70. The molecule has 0 spiro atoms. The predicted molar refractivity (Wildman–Crippen MR) is 140 cm³/mol. The first-order valence-corrected chi connectivity index (χ1v) is 12.2. The van der Waals surface area contributed by atoms with Crippen molar-refractivity contribution in [3.63, 3.8) is 0 Å². The number of amides is 1. The average Bonchev–Trinajstić information content (AvgIpc) is 3.12. The molecule has 3 aromatic rings. The standard InChI is InChI=1S/C28H28N2O3S/c1-4-32-24-16-13-22(17-25(24)33-5-2)18-26-27(31)30(19-21-9-7-6-8-10-21)28(34-26)29-23-14-11-20(3)12-15-23/h6-18H,4-5,19H2,1-3H3/b26-18+,29-28?. The first-order valence-electron chi connectivity index (χ1n) is 11.4. The van der Waals surface area contributed by atoms with Gasteiger partial charge in [0, 0.05) is 0 Å². The number of rotatable bonds is 8. The van der Waals surface area contributed by atoms with E-state index in [-0.39, 0.29) is 5.91 Å². The second kappa shape index (κ2) is 11.1. The maximum atomic E-state index is 13.4. The number of ether oxygens (including phenoxy) is 2. The molecular weight excluding hydrogens is 444 g/mol. The number of thioether (sulfide) groups is 1. The largest absolute Gasteiger partial charge is 0.490 e.